The number of hydrogen-bond donors (Lipinski definition) is 0. The molecule has 2 aromatic carbocycles. The summed E-state index contributed by atoms with van der Waals surface area (Å²) < 4.78 is 11.2. The number of carbonyl (C=O) groups is 1. The van der Waals surface area contributed by atoms with Crippen molar-refractivity contribution in [1.29, 1.82) is 0 Å². The SMILES string of the molecule is COCCN1C[C@H]2CN(C(=O)c3cc4ccccc4o3)[C@H](c3ccccc3)[C@H]2C1. The average Bonchev–Trinajstić information content (AvgIpc) is 3.44. The predicted molar refractivity (Wildman–Crippen MR) is 112 cm³/mol. The minimum atomic E-state index is -0.00658. The number of rotatable bonds is 5. The Morgan fingerprint density at radius 3 is 2.66 bits per heavy atom. The monoisotopic (exact) mass is 390 g/mol. The number of likely N-dealkylation sites (tertiary alicyclic amines) is 2. The van der Waals surface area contributed by atoms with E-state index in [1.807, 2.05) is 41.3 Å². The fraction of sp³-hybridized carbons (Fsp3) is 0.375. The van der Waals surface area contributed by atoms with Crippen molar-refractivity contribution in [3.63, 3.8) is 0 Å². The van der Waals surface area contributed by atoms with Crippen molar-refractivity contribution < 1.29 is 13.9 Å². The second-order valence-electron chi connectivity index (χ2n) is 8.14. The van der Waals surface area contributed by atoms with Crippen molar-refractivity contribution in [1.82, 2.24) is 9.80 Å². The Morgan fingerprint density at radius 1 is 1.07 bits per heavy atom. The van der Waals surface area contributed by atoms with Gasteiger partial charge in [-0.3, -0.25) is 4.79 Å². The molecule has 2 aliphatic heterocycles. The summed E-state index contributed by atoms with van der Waals surface area (Å²) in [7, 11) is 1.75. The summed E-state index contributed by atoms with van der Waals surface area (Å²) in [4.78, 5) is 18.0. The van der Waals surface area contributed by atoms with Gasteiger partial charge in [0.1, 0.15) is 5.58 Å². The third-order valence-electron chi connectivity index (χ3n) is 6.39. The van der Waals surface area contributed by atoms with Crippen molar-refractivity contribution in [2.45, 2.75) is 6.04 Å². The molecule has 0 spiro atoms. The maximum atomic E-state index is 13.5. The maximum Gasteiger partial charge on any atom is 0.290 e. The van der Waals surface area contributed by atoms with Crippen LogP contribution in [0.25, 0.3) is 11.0 Å². The molecule has 150 valence electrons. The van der Waals surface area contributed by atoms with E-state index in [0.717, 1.165) is 43.8 Å². The molecule has 5 heteroatoms. The predicted octanol–water partition coefficient (Wildman–Crippen LogP) is 3.82. The summed E-state index contributed by atoms with van der Waals surface area (Å²) in [6.45, 7) is 4.47. The van der Waals surface area contributed by atoms with Gasteiger partial charge in [-0.05, 0) is 23.6 Å². The smallest absolute Gasteiger partial charge is 0.290 e. The maximum absolute atomic E-state index is 13.5. The summed E-state index contributed by atoms with van der Waals surface area (Å²) in [5.41, 5.74) is 1.97. The summed E-state index contributed by atoms with van der Waals surface area (Å²) in [5.74, 6) is 1.34. The van der Waals surface area contributed by atoms with Gasteiger partial charge >= 0.3 is 0 Å². The lowest BCUT2D eigenvalue weighted by Gasteiger charge is -2.29. The fourth-order valence-electron chi connectivity index (χ4n) is 5.06. The van der Waals surface area contributed by atoms with E-state index in [1.54, 1.807) is 7.11 Å². The number of fused-ring (bicyclic) bond motifs is 2. The molecule has 2 fully saturated rings. The van der Waals surface area contributed by atoms with Gasteiger partial charge in [0.2, 0.25) is 0 Å². The van der Waals surface area contributed by atoms with Crippen LogP contribution < -0.4 is 0 Å². The van der Waals surface area contributed by atoms with Crippen molar-refractivity contribution in [2.24, 2.45) is 11.8 Å². The first-order valence-corrected chi connectivity index (χ1v) is 10.3. The van der Waals surface area contributed by atoms with Crippen LogP contribution in [0.5, 0.6) is 0 Å². The molecule has 0 aliphatic carbocycles. The van der Waals surface area contributed by atoms with E-state index in [1.165, 1.54) is 5.56 Å². The molecular formula is C24H26N2O3. The van der Waals surface area contributed by atoms with Crippen LogP contribution in [0, 0.1) is 11.8 Å². The Hall–Kier alpha value is -2.63. The van der Waals surface area contributed by atoms with Gasteiger partial charge in [-0.15, -0.1) is 0 Å². The molecule has 0 bridgehead atoms. The van der Waals surface area contributed by atoms with E-state index in [-0.39, 0.29) is 11.9 Å². The molecule has 3 atom stereocenters. The van der Waals surface area contributed by atoms with Crippen molar-refractivity contribution in [3.05, 3.63) is 72.0 Å². The van der Waals surface area contributed by atoms with Crippen LogP contribution in [0.1, 0.15) is 22.2 Å². The number of amides is 1. The first-order chi connectivity index (χ1) is 14.2. The molecule has 1 aromatic heterocycles. The van der Waals surface area contributed by atoms with E-state index < -0.39 is 0 Å². The number of furan rings is 1. The Kier molecular flexibility index (Phi) is 4.86. The Morgan fingerprint density at radius 2 is 1.86 bits per heavy atom. The van der Waals surface area contributed by atoms with Gasteiger partial charge in [0, 0.05) is 44.6 Å². The zero-order valence-corrected chi connectivity index (χ0v) is 16.7. The number of carbonyl (C=O) groups excluding carboxylic acids is 1. The highest BCUT2D eigenvalue weighted by atomic mass is 16.5. The quantitative estimate of drug-likeness (QED) is 0.664. The zero-order chi connectivity index (χ0) is 19.8. The van der Waals surface area contributed by atoms with Gasteiger partial charge < -0.3 is 19.0 Å². The molecule has 3 aromatic rings. The van der Waals surface area contributed by atoms with Crippen molar-refractivity contribution >= 4 is 16.9 Å². The number of nitrogens with zero attached hydrogens (tertiary/aromatic N) is 2. The van der Waals surface area contributed by atoms with Gasteiger partial charge in [0.05, 0.1) is 12.6 Å². The average molecular weight is 390 g/mol. The van der Waals surface area contributed by atoms with Crippen LogP contribution in [0.3, 0.4) is 0 Å². The van der Waals surface area contributed by atoms with Crippen LogP contribution in [0.15, 0.2) is 65.1 Å². The van der Waals surface area contributed by atoms with Crippen LogP contribution in [0.2, 0.25) is 0 Å². The second kappa shape index (κ2) is 7.65. The summed E-state index contributed by atoms with van der Waals surface area (Å²) >= 11 is 0. The summed E-state index contributed by atoms with van der Waals surface area (Å²) in [6.07, 6.45) is 0. The third kappa shape index (κ3) is 3.34. The Balaban J connectivity index is 1.45. The van der Waals surface area contributed by atoms with Gasteiger partial charge in [-0.25, -0.2) is 0 Å². The number of hydrogen-bond acceptors (Lipinski definition) is 4. The lowest BCUT2D eigenvalue weighted by molar-refractivity contribution is 0.0665. The topological polar surface area (TPSA) is 45.9 Å². The fourth-order valence-corrected chi connectivity index (χ4v) is 5.06. The molecule has 2 aliphatic rings. The van der Waals surface area contributed by atoms with E-state index in [0.29, 0.717) is 17.6 Å². The van der Waals surface area contributed by atoms with Crippen LogP contribution in [-0.2, 0) is 4.74 Å². The highest BCUT2D eigenvalue weighted by Gasteiger charge is 2.49. The number of ether oxygens (including phenoxy) is 1. The lowest BCUT2D eigenvalue weighted by Crippen LogP contribution is -2.36. The minimum absolute atomic E-state index is 0.00658. The summed E-state index contributed by atoms with van der Waals surface area (Å²) in [6, 6.07) is 20.2. The van der Waals surface area contributed by atoms with E-state index in [9.17, 15) is 4.79 Å². The number of benzene rings is 2. The highest BCUT2D eigenvalue weighted by Crippen LogP contribution is 2.45. The lowest BCUT2D eigenvalue weighted by atomic mass is 9.89. The van der Waals surface area contributed by atoms with Gasteiger partial charge in [0.25, 0.3) is 5.91 Å². The van der Waals surface area contributed by atoms with Crippen LogP contribution >= 0.6 is 0 Å². The molecule has 0 radical (unpaired) electrons. The number of methoxy groups -OCH3 is 1. The number of para-hydroxylation sites is 1. The van der Waals surface area contributed by atoms with E-state index >= 15 is 0 Å². The minimum Gasteiger partial charge on any atom is -0.451 e. The molecule has 1 amide bonds. The Labute approximate surface area is 170 Å². The summed E-state index contributed by atoms with van der Waals surface area (Å²) in [5, 5.41) is 0.970. The first kappa shape index (κ1) is 18.4. The Bertz CT molecular complexity index is 967. The van der Waals surface area contributed by atoms with Gasteiger partial charge in [0.15, 0.2) is 5.76 Å². The standard InChI is InChI=1S/C24H26N2O3/c1-28-12-11-25-14-19-15-26(23(20(19)16-25)17-7-3-2-4-8-17)24(27)22-13-18-9-5-6-10-21(18)29-22/h2-10,13,19-20,23H,11-12,14-16H2,1H3/t19-,20-,23+/m0/s1. The first-order valence-electron chi connectivity index (χ1n) is 10.3. The largest absolute Gasteiger partial charge is 0.451 e. The van der Waals surface area contributed by atoms with Crippen LogP contribution in [0.4, 0.5) is 0 Å². The second-order valence-corrected chi connectivity index (χ2v) is 8.14. The molecule has 5 rings (SSSR count). The molecule has 29 heavy (non-hydrogen) atoms. The van der Waals surface area contributed by atoms with Gasteiger partial charge in [-0.1, -0.05) is 48.5 Å². The normalized spacial score (nSPS) is 24.3. The molecule has 3 heterocycles. The van der Waals surface area contributed by atoms with Crippen molar-refractivity contribution in [2.75, 3.05) is 39.9 Å². The van der Waals surface area contributed by atoms with Crippen molar-refractivity contribution in [3.8, 4) is 0 Å². The van der Waals surface area contributed by atoms with Crippen LogP contribution in [-0.4, -0.2) is 55.6 Å². The van der Waals surface area contributed by atoms with Gasteiger partial charge in [-0.2, -0.15) is 0 Å². The molecule has 2 saturated heterocycles. The zero-order valence-electron chi connectivity index (χ0n) is 16.7. The highest BCUT2D eigenvalue weighted by molar-refractivity contribution is 5.96. The molecule has 0 saturated carbocycles. The molecule has 0 N–H and O–H groups in total. The van der Waals surface area contributed by atoms with E-state index in [2.05, 4.69) is 29.2 Å². The third-order valence-corrected chi connectivity index (χ3v) is 6.39. The van der Waals surface area contributed by atoms with E-state index in [4.69, 9.17) is 9.15 Å². The molecule has 5 nitrogen and oxygen atoms in total. The molecular weight excluding hydrogens is 364 g/mol. The molecule has 0 unspecified atom stereocenters.